The third-order valence-corrected chi connectivity index (χ3v) is 4.71. The van der Waals surface area contributed by atoms with Crippen molar-refractivity contribution in [3.05, 3.63) is 29.8 Å². The molecular formula is C14H18BrF3O. The molecule has 0 saturated heterocycles. The van der Waals surface area contributed by atoms with Gasteiger partial charge in [-0.15, -0.1) is 13.2 Å². The molecule has 0 amide bonds. The van der Waals surface area contributed by atoms with Crippen LogP contribution in [0.3, 0.4) is 0 Å². The summed E-state index contributed by atoms with van der Waals surface area (Å²) in [6, 6.07) is 6.13. The Balaban J connectivity index is 2.76. The molecule has 1 rings (SSSR count). The molecule has 0 aliphatic rings. The third kappa shape index (κ3) is 5.05. The van der Waals surface area contributed by atoms with Crippen LogP contribution in [-0.2, 0) is 6.42 Å². The van der Waals surface area contributed by atoms with Crippen molar-refractivity contribution in [3.8, 4) is 5.75 Å². The summed E-state index contributed by atoms with van der Waals surface area (Å²) in [4.78, 5) is 0. The lowest BCUT2D eigenvalue weighted by Crippen LogP contribution is -2.23. The molecule has 0 fully saturated rings. The smallest absolute Gasteiger partial charge is 0.406 e. The zero-order valence-electron chi connectivity index (χ0n) is 11.1. The Hall–Kier alpha value is -0.710. The molecule has 0 radical (unpaired) electrons. The van der Waals surface area contributed by atoms with Gasteiger partial charge in [0.15, 0.2) is 0 Å². The molecule has 0 atom stereocenters. The van der Waals surface area contributed by atoms with Gasteiger partial charge in [0, 0.05) is 5.33 Å². The minimum absolute atomic E-state index is 0.159. The highest BCUT2D eigenvalue weighted by molar-refractivity contribution is 9.09. The van der Waals surface area contributed by atoms with Crippen molar-refractivity contribution >= 4 is 15.9 Å². The molecule has 0 bridgehead atoms. The van der Waals surface area contributed by atoms with Gasteiger partial charge < -0.3 is 4.74 Å². The molecule has 0 N–H and O–H groups in total. The second-order valence-electron chi connectivity index (χ2n) is 4.71. The molecule has 0 saturated carbocycles. The van der Waals surface area contributed by atoms with Crippen molar-refractivity contribution in [2.75, 3.05) is 5.33 Å². The first kappa shape index (κ1) is 16.3. The maximum atomic E-state index is 12.0. The first-order valence-corrected chi connectivity index (χ1v) is 7.37. The largest absolute Gasteiger partial charge is 0.573 e. The maximum absolute atomic E-state index is 12.0. The van der Waals surface area contributed by atoms with Gasteiger partial charge in [-0.1, -0.05) is 41.9 Å². The fourth-order valence-electron chi connectivity index (χ4n) is 1.98. The van der Waals surface area contributed by atoms with E-state index in [-0.39, 0.29) is 11.2 Å². The summed E-state index contributed by atoms with van der Waals surface area (Å²) in [5.74, 6) is -0.173. The lowest BCUT2D eigenvalue weighted by atomic mass is 9.79. The summed E-state index contributed by atoms with van der Waals surface area (Å²) in [7, 11) is 0. The minimum atomic E-state index is -4.63. The second-order valence-corrected chi connectivity index (χ2v) is 5.27. The number of rotatable bonds is 6. The first-order valence-electron chi connectivity index (χ1n) is 6.25. The van der Waals surface area contributed by atoms with Gasteiger partial charge in [-0.05, 0) is 42.4 Å². The van der Waals surface area contributed by atoms with Gasteiger partial charge in [0.1, 0.15) is 5.75 Å². The molecule has 1 aromatic rings. The van der Waals surface area contributed by atoms with E-state index in [0.717, 1.165) is 30.2 Å². The summed E-state index contributed by atoms with van der Waals surface area (Å²) < 4.78 is 40.0. The molecule has 5 heteroatoms. The Morgan fingerprint density at radius 1 is 1.05 bits per heavy atom. The van der Waals surface area contributed by atoms with E-state index in [4.69, 9.17) is 0 Å². The number of ether oxygens (including phenoxy) is 1. The summed E-state index contributed by atoms with van der Waals surface area (Å²) >= 11 is 3.53. The Bertz CT molecular complexity index is 374. The number of hydrogen-bond acceptors (Lipinski definition) is 1. The van der Waals surface area contributed by atoms with Gasteiger partial charge in [-0.3, -0.25) is 0 Å². The highest BCUT2D eigenvalue weighted by Gasteiger charge is 2.31. The van der Waals surface area contributed by atoms with E-state index in [1.165, 1.54) is 12.1 Å². The zero-order chi connectivity index (χ0) is 14.5. The maximum Gasteiger partial charge on any atom is 0.573 e. The average molecular weight is 339 g/mol. The molecule has 0 heterocycles. The lowest BCUT2D eigenvalue weighted by Gasteiger charge is -2.29. The van der Waals surface area contributed by atoms with E-state index in [9.17, 15) is 13.2 Å². The van der Waals surface area contributed by atoms with E-state index in [1.54, 1.807) is 12.1 Å². The van der Waals surface area contributed by atoms with Crippen molar-refractivity contribution in [1.29, 1.82) is 0 Å². The van der Waals surface area contributed by atoms with Crippen LogP contribution in [0.1, 0.15) is 32.3 Å². The van der Waals surface area contributed by atoms with Crippen LogP contribution in [0.4, 0.5) is 13.2 Å². The predicted octanol–water partition coefficient (Wildman–Crippen LogP) is 5.33. The fourth-order valence-corrected chi connectivity index (χ4v) is 2.97. The Kier molecular flexibility index (Phi) is 5.71. The number of hydrogen-bond donors (Lipinski definition) is 0. The van der Waals surface area contributed by atoms with Crippen LogP contribution in [0, 0.1) is 5.41 Å². The number of benzene rings is 1. The number of halogens is 4. The van der Waals surface area contributed by atoms with Crippen LogP contribution in [0.5, 0.6) is 5.75 Å². The molecule has 0 aliphatic carbocycles. The van der Waals surface area contributed by atoms with E-state index >= 15 is 0 Å². The highest BCUT2D eigenvalue weighted by Crippen LogP contribution is 2.33. The van der Waals surface area contributed by atoms with Crippen molar-refractivity contribution in [3.63, 3.8) is 0 Å². The molecule has 19 heavy (non-hydrogen) atoms. The van der Waals surface area contributed by atoms with Gasteiger partial charge >= 0.3 is 6.36 Å². The Morgan fingerprint density at radius 3 is 1.95 bits per heavy atom. The minimum Gasteiger partial charge on any atom is -0.406 e. The topological polar surface area (TPSA) is 9.23 Å². The van der Waals surface area contributed by atoms with Crippen molar-refractivity contribution in [1.82, 2.24) is 0 Å². The van der Waals surface area contributed by atoms with Gasteiger partial charge in [-0.2, -0.15) is 0 Å². The molecule has 0 aliphatic heterocycles. The molecule has 0 unspecified atom stereocenters. The fraction of sp³-hybridized carbons (Fsp3) is 0.571. The Morgan fingerprint density at radius 2 is 1.58 bits per heavy atom. The van der Waals surface area contributed by atoms with Crippen LogP contribution in [0.25, 0.3) is 0 Å². The summed E-state index contributed by atoms with van der Waals surface area (Å²) in [5, 5.41) is 0.883. The lowest BCUT2D eigenvalue weighted by molar-refractivity contribution is -0.274. The van der Waals surface area contributed by atoms with Gasteiger partial charge in [0.25, 0.3) is 0 Å². The second kappa shape index (κ2) is 6.64. The SMILES string of the molecule is CCC(CC)(CBr)Cc1ccc(OC(F)(F)F)cc1. The van der Waals surface area contributed by atoms with E-state index in [0.29, 0.717) is 0 Å². The highest BCUT2D eigenvalue weighted by atomic mass is 79.9. The normalized spacial score (nSPS) is 12.5. The van der Waals surface area contributed by atoms with E-state index < -0.39 is 6.36 Å². The van der Waals surface area contributed by atoms with Crippen LogP contribution in [-0.4, -0.2) is 11.7 Å². The van der Waals surface area contributed by atoms with Crippen LogP contribution < -0.4 is 4.74 Å². The summed E-state index contributed by atoms with van der Waals surface area (Å²) in [6.07, 6.45) is -1.74. The molecule has 0 spiro atoms. The standard InChI is InChI=1S/C14H18BrF3O/c1-3-13(4-2,10-15)9-11-5-7-12(8-6-11)19-14(16,17)18/h5-8H,3-4,9-10H2,1-2H3. The van der Waals surface area contributed by atoms with E-state index in [2.05, 4.69) is 34.5 Å². The van der Waals surface area contributed by atoms with Gasteiger partial charge in [-0.25, -0.2) is 0 Å². The van der Waals surface area contributed by atoms with Crippen molar-refractivity contribution < 1.29 is 17.9 Å². The molecule has 1 aromatic carbocycles. The molecule has 1 nitrogen and oxygen atoms in total. The number of alkyl halides is 4. The molecule has 108 valence electrons. The van der Waals surface area contributed by atoms with E-state index in [1.807, 2.05) is 0 Å². The first-order chi connectivity index (χ1) is 8.84. The quantitative estimate of drug-likeness (QED) is 0.637. The monoisotopic (exact) mass is 338 g/mol. The molecule has 0 aromatic heterocycles. The van der Waals surface area contributed by atoms with Crippen molar-refractivity contribution in [2.24, 2.45) is 5.41 Å². The van der Waals surface area contributed by atoms with Gasteiger partial charge in [0.2, 0.25) is 0 Å². The Labute approximate surface area is 120 Å². The third-order valence-electron chi connectivity index (χ3n) is 3.52. The van der Waals surface area contributed by atoms with Gasteiger partial charge in [0.05, 0.1) is 0 Å². The summed E-state index contributed by atoms with van der Waals surface area (Å²) in [6.45, 7) is 4.26. The zero-order valence-corrected chi connectivity index (χ0v) is 12.6. The van der Waals surface area contributed by atoms with Crippen LogP contribution in [0.15, 0.2) is 24.3 Å². The molecular weight excluding hydrogens is 321 g/mol. The predicted molar refractivity (Wildman–Crippen MR) is 73.6 cm³/mol. The summed E-state index contributed by atoms with van der Waals surface area (Å²) in [5.41, 5.74) is 1.18. The van der Waals surface area contributed by atoms with Crippen LogP contribution in [0.2, 0.25) is 0 Å². The van der Waals surface area contributed by atoms with Crippen molar-refractivity contribution in [2.45, 2.75) is 39.5 Å². The average Bonchev–Trinajstić information content (AvgIpc) is 2.37. The van der Waals surface area contributed by atoms with Crippen LogP contribution >= 0.6 is 15.9 Å².